The van der Waals surface area contributed by atoms with E-state index < -0.39 is 11.9 Å². The van der Waals surface area contributed by atoms with E-state index in [2.05, 4.69) is 5.32 Å². The first kappa shape index (κ1) is 10.9. The molecule has 0 aliphatic carbocycles. The zero-order chi connectivity index (χ0) is 9.40. The van der Waals surface area contributed by atoms with Crippen LogP contribution in [0.4, 0.5) is 0 Å². The number of hydrogen-bond acceptors (Lipinski definition) is 4. The standard InChI is InChI=1S/C6H12N2O4/c7-5(9)4-12-2-1-8-3-6(10)11/h8H,1-4H2,(H2,7,9)(H,10,11). The van der Waals surface area contributed by atoms with E-state index in [-0.39, 0.29) is 19.8 Å². The van der Waals surface area contributed by atoms with Gasteiger partial charge < -0.3 is 20.9 Å². The highest BCUT2D eigenvalue weighted by Crippen LogP contribution is 1.71. The van der Waals surface area contributed by atoms with Crippen molar-refractivity contribution >= 4 is 11.9 Å². The monoisotopic (exact) mass is 176 g/mol. The van der Waals surface area contributed by atoms with Gasteiger partial charge in [-0.25, -0.2) is 0 Å². The minimum absolute atomic E-state index is 0.111. The van der Waals surface area contributed by atoms with E-state index in [9.17, 15) is 9.59 Å². The molecule has 70 valence electrons. The second-order valence-corrected chi connectivity index (χ2v) is 2.09. The smallest absolute Gasteiger partial charge is 0.317 e. The van der Waals surface area contributed by atoms with Crippen molar-refractivity contribution < 1.29 is 19.4 Å². The predicted molar refractivity (Wildman–Crippen MR) is 40.5 cm³/mol. The Hall–Kier alpha value is -1.14. The van der Waals surface area contributed by atoms with Gasteiger partial charge in [0.2, 0.25) is 5.91 Å². The molecular weight excluding hydrogens is 164 g/mol. The van der Waals surface area contributed by atoms with Gasteiger partial charge in [-0.3, -0.25) is 9.59 Å². The number of carboxylic acid groups (broad SMARTS) is 1. The molecule has 0 fully saturated rings. The molecule has 1 amide bonds. The minimum atomic E-state index is -0.926. The molecule has 0 radical (unpaired) electrons. The molecule has 12 heavy (non-hydrogen) atoms. The summed E-state index contributed by atoms with van der Waals surface area (Å²) in [5, 5.41) is 10.8. The lowest BCUT2D eigenvalue weighted by Crippen LogP contribution is -2.27. The van der Waals surface area contributed by atoms with Crippen LogP contribution in [0.3, 0.4) is 0 Å². The number of primary amides is 1. The van der Waals surface area contributed by atoms with Crippen LogP contribution in [0.2, 0.25) is 0 Å². The maximum absolute atomic E-state index is 10.1. The summed E-state index contributed by atoms with van der Waals surface area (Å²) in [6.45, 7) is 0.421. The van der Waals surface area contributed by atoms with Crippen LogP contribution in [0.1, 0.15) is 0 Å². The number of carbonyl (C=O) groups is 2. The fourth-order valence-electron chi connectivity index (χ4n) is 0.512. The van der Waals surface area contributed by atoms with Crippen molar-refractivity contribution in [1.29, 1.82) is 0 Å². The van der Waals surface area contributed by atoms with Crippen molar-refractivity contribution in [3.05, 3.63) is 0 Å². The van der Waals surface area contributed by atoms with Crippen LogP contribution in [0.15, 0.2) is 0 Å². The molecule has 0 heterocycles. The second-order valence-electron chi connectivity index (χ2n) is 2.09. The maximum atomic E-state index is 10.1. The largest absolute Gasteiger partial charge is 0.480 e. The number of ether oxygens (including phenoxy) is 1. The van der Waals surface area contributed by atoms with Gasteiger partial charge in [-0.05, 0) is 0 Å². The van der Waals surface area contributed by atoms with Gasteiger partial charge >= 0.3 is 5.97 Å². The van der Waals surface area contributed by atoms with Crippen molar-refractivity contribution in [1.82, 2.24) is 5.32 Å². The summed E-state index contributed by atoms with van der Waals surface area (Å²) in [5.74, 6) is -1.46. The molecule has 0 aliphatic rings. The van der Waals surface area contributed by atoms with E-state index in [4.69, 9.17) is 15.6 Å². The molecular formula is C6H12N2O4. The van der Waals surface area contributed by atoms with Crippen LogP contribution >= 0.6 is 0 Å². The molecule has 0 atom stereocenters. The summed E-state index contributed by atoms with van der Waals surface area (Å²) in [6.07, 6.45) is 0. The van der Waals surface area contributed by atoms with Gasteiger partial charge in [-0.15, -0.1) is 0 Å². The fraction of sp³-hybridized carbons (Fsp3) is 0.667. The molecule has 4 N–H and O–H groups in total. The first-order valence-electron chi connectivity index (χ1n) is 3.41. The van der Waals surface area contributed by atoms with E-state index in [1.165, 1.54) is 0 Å². The van der Waals surface area contributed by atoms with Crippen LogP contribution in [-0.2, 0) is 14.3 Å². The van der Waals surface area contributed by atoms with Gasteiger partial charge in [0, 0.05) is 6.54 Å². The Kier molecular flexibility index (Phi) is 5.94. The zero-order valence-electron chi connectivity index (χ0n) is 6.58. The van der Waals surface area contributed by atoms with Crippen LogP contribution in [-0.4, -0.2) is 43.3 Å². The molecule has 0 aromatic carbocycles. The average molecular weight is 176 g/mol. The molecule has 6 heteroatoms. The summed E-state index contributed by atoms with van der Waals surface area (Å²) in [7, 11) is 0. The minimum Gasteiger partial charge on any atom is -0.480 e. The summed E-state index contributed by atoms with van der Waals surface area (Å²) in [4.78, 5) is 20.1. The Morgan fingerprint density at radius 2 is 2.17 bits per heavy atom. The van der Waals surface area contributed by atoms with Crippen LogP contribution in [0.25, 0.3) is 0 Å². The Morgan fingerprint density at radius 3 is 2.67 bits per heavy atom. The molecule has 0 spiro atoms. The van der Waals surface area contributed by atoms with Crippen molar-refractivity contribution in [3.8, 4) is 0 Å². The van der Waals surface area contributed by atoms with Crippen LogP contribution < -0.4 is 11.1 Å². The topological polar surface area (TPSA) is 102 Å². The number of nitrogens with one attached hydrogen (secondary N) is 1. The highest BCUT2D eigenvalue weighted by molar-refractivity contribution is 5.74. The quantitative estimate of drug-likeness (QED) is 0.396. The number of aliphatic carboxylic acids is 1. The van der Waals surface area contributed by atoms with Gasteiger partial charge in [-0.1, -0.05) is 0 Å². The third-order valence-corrected chi connectivity index (χ3v) is 0.944. The lowest BCUT2D eigenvalue weighted by molar-refractivity contribution is -0.136. The van der Waals surface area contributed by atoms with Gasteiger partial charge in [0.25, 0.3) is 0 Å². The summed E-state index contributed by atoms with van der Waals surface area (Å²) in [6, 6.07) is 0. The van der Waals surface area contributed by atoms with Gasteiger partial charge in [-0.2, -0.15) is 0 Å². The molecule has 0 aliphatic heterocycles. The summed E-state index contributed by atoms with van der Waals surface area (Å²) < 4.78 is 4.75. The van der Waals surface area contributed by atoms with Gasteiger partial charge in [0.1, 0.15) is 6.61 Å². The predicted octanol–water partition coefficient (Wildman–Crippen LogP) is -1.84. The number of nitrogens with two attached hydrogens (primary N) is 1. The Morgan fingerprint density at radius 1 is 1.50 bits per heavy atom. The van der Waals surface area contributed by atoms with Crippen molar-refractivity contribution in [2.75, 3.05) is 26.3 Å². The number of rotatable bonds is 7. The Balaban J connectivity index is 3.01. The van der Waals surface area contributed by atoms with Gasteiger partial charge in [0.05, 0.1) is 13.2 Å². The summed E-state index contributed by atoms with van der Waals surface area (Å²) in [5.41, 5.74) is 4.78. The normalized spacial score (nSPS) is 9.67. The highest BCUT2D eigenvalue weighted by Gasteiger charge is 1.95. The molecule has 6 nitrogen and oxygen atoms in total. The molecule has 0 saturated heterocycles. The first-order valence-corrected chi connectivity index (χ1v) is 3.41. The number of hydrogen-bond donors (Lipinski definition) is 3. The number of carbonyl (C=O) groups excluding carboxylic acids is 1. The van der Waals surface area contributed by atoms with Crippen LogP contribution in [0, 0.1) is 0 Å². The van der Waals surface area contributed by atoms with E-state index in [0.29, 0.717) is 6.54 Å². The van der Waals surface area contributed by atoms with E-state index in [1.807, 2.05) is 0 Å². The summed E-state index contributed by atoms with van der Waals surface area (Å²) >= 11 is 0. The molecule has 0 saturated carbocycles. The van der Waals surface area contributed by atoms with Crippen molar-refractivity contribution in [2.24, 2.45) is 5.73 Å². The molecule has 0 aromatic heterocycles. The molecule has 0 aromatic rings. The third-order valence-electron chi connectivity index (χ3n) is 0.944. The Bertz CT molecular complexity index is 142. The SMILES string of the molecule is NC(=O)COCCNCC(=O)O. The fourth-order valence-corrected chi connectivity index (χ4v) is 0.512. The number of carboxylic acids is 1. The van der Waals surface area contributed by atoms with E-state index in [0.717, 1.165) is 0 Å². The number of amides is 1. The second kappa shape index (κ2) is 6.56. The average Bonchev–Trinajstić information content (AvgIpc) is 1.95. The van der Waals surface area contributed by atoms with Gasteiger partial charge in [0.15, 0.2) is 0 Å². The van der Waals surface area contributed by atoms with Crippen LogP contribution in [0.5, 0.6) is 0 Å². The lowest BCUT2D eigenvalue weighted by Gasteiger charge is -2.01. The molecule has 0 unspecified atom stereocenters. The van der Waals surface area contributed by atoms with E-state index in [1.54, 1.807) is 0 Å². The van der Waals surface area contributed by atoms with E-state index >= 15 is 0 Å². The Labute approximate surface area is 69.7 Å². The zero-order valence-corrected chi connectivity index (χ0v) is 6.58. The molecule has 0 bridgehead atoms. The molecule has 0 rings (SSSR count). The lowest BCUT2D eigenvalue weighted by atomic mass is 10.6. The third kappa shape index (κ3) is 8.86. The maximum Gasteiger partial charge on any atom is 0.317 e. The van der Waals surface area contributed by atoms with Crippen molar-refractivity contribution in [3.63, 3.8) is 0 Å². The van der Waals surface area contributed by atoms with Crippen molar-refractivity contribution in [2.45, 2.75) is 0 Å². The first-order chi connectivity index (χ1) is 5.63. The highest BCUT2D eigenvalue weighted by atomic mass is 16.5.